The quantitative estimate of drug-likeness (QED) is 0.231. The summed E-state index contributed by atoms with van der Waals surface area (Å²) in [6.45, 7) is 1.51. The molecule has 1 aromatic heterocycles. The molecule has 0 bridgehead atoms. The first-order valence-corrected chi connectivity index (χ1v) is 13.5. The number of hydrogen-bond acceptors (Lipinski definition) is 8. The van der Waals surface area contributed by atoms with Crippen LogP contribution in [0.3, 0.4) is 0 Å². The van der Waals surface area contributed by atoms with Crippen molar-refractivity contribution >= 4 is 15.9 Å². The van der Waals surface area contributed by atoms with Gasteiger partial charge in [0.05, 0.1) is 4.90 Å². The highest BCUT2D eigenvalue weighted by molar-refractivity contribution is 7.89. The van der Waals surface area contributed by atoms with Crippen LogP contribution in [0.5, 0.6) is 5.88 Å². The Hall–Kier alpha value is -3.52. The fourth-order valence-corrected chi connectivity index (χ4v) is 5.14. The number of alkyl halides is 3. The Bertz CT molecular complexity index is 1400. The van der Waals surface area contributed by atoms with Crippen LogP contribution in [0.1, 0.15) is 35.2 Å². The van der Waals surface area contributed by atoms with E-state index < -0.39 is 22.8 Å². The minimum Gasteiger partial charge on any atom is -0.468 e. The molecular formula is C26H28F3N5O4S. The highest BCUT2D eigenvalue weighted by Gasteiger charge is 2.29. The average Bonchev–Trinajstić information content (AvgIpc) is 2.93. The zero-order chi connectivity index (χ0) is 28.0. The van der Waals surface area contributed by atoms with Gasteiger partial charge in [-0.15, -0.1) is 0 Å². The predicted octanol–water partition coefficient (Wildman–Crippen LogP) is 3.71. The van der Waals surface area contributed by atoms with Crippen LogP contribution in [0.15, 0.2) is 76.7 Å². The highest BCUT2D eigenvalue weighted by Crippen LogP contribution is 2.29. The number of nitrogens with one attached hydrogen (secondary N) is 1. The molecule has 2 heterocycles. The number of sulfonamides is 1. The van der Waals surface area contributed by atoms with Crippen molar-refractivity contribution in [3.8, 4) is 5.88 Å². The summed E-state index contributed by atoms with van der Waals surface area (Å²) < 4.78 is 70.1. The first-order chi connectivity index (χ1) is 18.6. The van der Waals surface area contributed by atoms with Gasteiger partial charge in [0.2, 0.25) is 21.8 Å². The van der Waals surface area contributed by atoms with Gasteiger partial charge in [-0.1, -0.05) is 30.3 Å². The van der Waals surface area contributed by atoms with Crippen molar-refractivity contribution in [3.05, 3.63) is 89.1 Å². The smallest absolute Gasteiger partial charge is 0.422 e. The van der Waals surface area contributed by atoms with Crippen molar-refractivity contribution in [2.45, 2.75) is 37.0 Å². The molecule has 208 valence electrons. The lowest BCUT2D eigenvalue weighted by molar-refractivity contribution is -0.154. The maximum atomic E-state index is 13.0. The number of ether oxygens (including phenoxy) is 1. The fraction of sp³-hybridized carbons (Fsp3) is 0.308. The predicted molar refractivity (Wildman–Crippen MR) is 138 cm³/mol. The number of aliphatic imine (C=N–C) groups is 1. The molecule has 39 heavy (non-hydrogen) atoms. The largest absolute Gasteiger partial charge is 0.468 e. The van der Waals surface area contributed by atoms with Gasteiger partial charge in [-0.3, -0.25) is 4.90 Å². The third kappa shape index (κ3) is 7.53. The fourth-order valence-electron chi connectivity index (χ4n) is 4.19. The molecular weight excluding hydrogens is 535 g/mol. The van der Waals surface area contributed by atoms with Crippen LogP contribution < -0.4 is 15.4 Å². The Morgan fingerprint density at radius 2 is 1.92 bits per heavy atom. The number of pyridine rings is 1. The number of aromatic nitrogens is 1. The summed E-state index contributed by atoms with van der Waals surface area (Å²) >= 11 is 0. The van der Waals surface area contributed by atoms with Crippen molar-refractivity contribution in [3.63, 3.8) is 0 Å². The Morgan fingerprint density at radius 1 is 1.15 bits per heavy atom. The van der Waals surface area contributed by atoms with Crippen LogP contribution in [0.2, 0.25) is 0 Å². The van der Waals surface area contributed by atoms with E-state index in [0.29, 0.717) is 18.5 Å². The third-order valence-electron chi connectivity index (χ3n) is 6.31. The molecule has 0 amide bonds. The molecule has 13 heteroatoms. The molecule has 1 atom stereocenters. The van der Waals surface area contributed by atoms with E-state index in [0.717, 1.165) is 23.2 Å². The summed E-state index contributed by atoms with van der Waals surface area (Å²) in [7, 11) is -3.87. The van der Waals surface area contributed by atoms with Crippen LogP contribution in [-0.4, -0.2) is 50.2 Å². The minimum atomic E-state index is -4.44. The van der Waals surface area contributed by atoms with E-state index in [2.05, 4.69) is 24.3 Å². The van der Waals surface area contributed by atoms with Crippen molar-refractivity contribution in [1.82, 2.24) is 14.6 Å². The van der Waals surface area contributed by atoms with Gasteiger partial charge in [0.1, 0.15) is 6.67 Å². The maximum absolute atomic E-state index is 13.0. The molecule has 3 aromatic rings. The molecule has 9 nitrogen and oxygen atoms in total. The summed E-state index contributed by atoms with van der Waals surface area (Å²) in [5.74, 6) is 5.29. The zero-order valence-electron chi connectivity index (χ0n) is 21.1. The number of nitrogens with zero attached hydrogens (tertiary/aromatic N) is 3. The van der Waals surface area contributed by atoms with E-state index in [4.69, 9.17) is 10.7 Å². The molecule has 1 unspecified atom stereocenters. The number of benzene rings is 2. The molecule has 2 aromatic carbocycles. The van der Waals surface area contributed by atoms with Crippen molar-refractivity contribution in [2.24, 2.45) is 10.9 Å². The first-order valence-electron chi connectivity index (χ1n) is 12.0. The monoisotopic (exact) mass is 563 g/mol. The maximum Gasteiger partial charge on any atom is 0.422 e. The van der Waals surface area contributed by atoms with Gasteiger partial charge in [-0.25, -0.2) is 18.4 Å². The molecule has 0 radical (unpaired) electrons. The standard InChI is InChI=1S/C26H28F3N5O4S/c1-18(21-8-10-24(31-14-21)37-16-26(27,28)29)34-12-11-19-7-9-23(13-22(19)15-34)39(35,36)33-17-32-25(38-30)20-5-3-2-4-6-20/h2-10,13-14,18,33H,11-12,15-17,30H2,1H3. The number of halogens is 3. The van der Waals surface area contributed by atoms with E-state index in [1.165, 1.54) is 12.3 Å². The van der Waals surface area contributed by atoms with Crippen LogP contribution >= 0.6 is 0 Å². The van der Waals surface area contributed by atoms with Gasteiger partial charge >= 0.3 is 6.18 Å². The molecule has 0 spiro atoms. The molecule has 0 saturated carbocycles. The number of fused-ring (bicyclic) bond motifs is 1. The van der Waals surface area contributed by atoms with E-state index in [1.54, 1.807) is 42.5 Å². The van der Waals surface area contributed by atoms with Crippen molar-refractivity contribution in [1.29, 1.82) is 0 Å². The Kier molecular flexibility index (Phi) is 8.85. The topological polar surface area (TPSA) is 119 Å². The molecule has 0 aliphatic carbocycles. The van der Waals surface area contributed by atoms with Crippen molar-refractivity contribution < 1.29 is 31.2 Å². The van der Waals surface area contributed by atoms with E-state index >= 15 is 0 Å². The van der Waals surface area contributed by atoms with Crippen LogP contribution in [0.4, 0.5) is 13.2 Å². The second-order valence-corrected chi connectivity index (χ2v) is 10.7. The van der Waals surface area contributed by atoms with Gasteiger partial charge in [-0.05, 0) is 54.3 Å². The Morgan fingerprint density at radius 3 is 2.59 bits per heavy atom. The number of hydrogen-bond donors (Lipinski definition) is 2. The van der Waals surface area contributed by atoms with Gasteiger partial charge in [-0.2, -0.15) is 23.8 Å². The summed E-state index contributed by atoms with van der Waals surface area (Å²) in [6.07, 6.45) is -2.23. The Labute approximate surface area is 224 Å². The first kappa shape index (κ1) is 28.5. The number of rotatable bonds is 9. The average molecular weight is 564 g/mol. The molecule has 0 saturated heterocycles. The summed E-state index contributed by atoms with van der Waals surface area (Å²) in [5, 5.41) is 0. The second-order valence-electron chi connectivity index (χ2n) is 8.91. The van der Waals surface area contributed by atoms with Crippen LogP contribution in [-0.2, 0) is 27.8 Å². The molecule has 0 fully saturated rings. The van der Waals surface area contributed by atoms with Crippen LogP contribution in [0.25, 0.3) is 0 Å². The third-order valence-corrected chi connectivity index (χ3v) is 7.70. The second kappa shape index (κ2) is 12.1. The SMILES string of the molecule is CC(c1ccc(OCC(F)(F)F)nc1)N1CCc2ccc(S(=O)(=O)NCN=C(ON)c3ccccc3)cc2C1. The highest BCUT2D eigenvalue weighted by atomic mass is 32.2. The summed E-state index contributed by atoms with van der Waals surface area (Å²) in [4.78, 5) is 15.1. The Balaban J connectivity index is 1.41. The molecule has 4 rings (SSSR count). The lowest BCUT2D eigenvalue weighted by Crippen LogP contribution is -2.33. The minimum absolute atomic E-state index is 0.0998. The lowest BCUT2D eigenvalue weighted by Gasteiger charge is -2.34. The van der Waals surface area contributed by atoms with Gasteiger partial charge in [0.15, 0.2) is 6.61 Å². The van der Waals surface area contributed by atoms with E-state index in [9.17, 15) is 21.6 Å². The van der Waals surface area contributed by atoms with Gasteiger partial charge in [0.25, 0.3) is 0 Å². The van der Waals surface area contributed by atoms with Gasteiger partial charge < -0.3 is 9.57 Å². The lowest BCUT2D eigenvalue weighted by atomic mass is 9.97. The van der Waals surface area contributed by atoms with E-state index in [-0.39, 0.29) is 29.4 Å². The summed E-state index contributed by atoms with van der Waals surface area (Å²) in [6, 6.07) is 16.9. The number of nitrogens with two attached hydrogens (primary N) is 1. The normalized spacial score (nSPS) is 15.5. The molecule has 1 aliphatic heterocycles. The van der Waals surface area contributed by atoms with E-state index in [1.807, 2.05) is 19.1 Å². The molecule has 3 N–H and O–H groups in total. The zero-order valence-corrected chi connectivity index (χ0v) is 21.9. The summed E-state index contributed by atoms with van der Waals surface area (Å²) in [5.41, 5.74) is 3.33. The van der Waals surface area contributed by atoms with Crippen LogP contribution in [0, 0.1) is 0 Å². The van der Waals surface area contributed by atoms with Gasteiger partial charge in [0, 0.05) is 37.0 Å². The molecule has 1 aliphatic rings. The van der Waals surface area contributed by atoms with Crippen molar-refractivity contribution in [2.75, 3.05) is 19.8 Å².